The maximum Gasteiger partial charge on any atom is 0.404 e. The molecule has 0 aliphatic heterocycles. The van der Waals surface area contributed by atoms with Crippen molar-refractivity contribution in [3.63, 3.8) is 0 Å². The van der Waals surface area contributed by atoms with Gasteiger partial charge in [0.2, 0.25) is 0 Å². The fraction of sp³-hybridized carbons (Fsp3) is 0.273. The molecule has 0 saturated heterocycles. The topological polar surface area (TPSA) is 0 Å². The zero-order valence-corrected chi connectivity index (χ0v) is 9.15. The number of alkyl halides is 6. The molecule has 0 spiro atoms. The molecule has 0 aliphatic carbocycles. The van der Waals surface area contributed by atoms with E-state index in [0.29, 0.717) is 0 Å². The van der Waals surface area contributed by atoms with Crippen molar-refractivity contribution >= 4 is 12.3 Å². The van der Waals surface area contributed by atoms with Crippen LogP contribution in [0.25, 0.3) is 5.57 Å². The van der Waals surface area contributed by atoms with E-state index < -0.39 is 25.2 Å². The van der Waals surface area contributed by atoms with Crippen molar-refractivity contribution in [2.45, 2.75) is 18.5 Å². The molecule has 0 N–H and O–H groups in total. The van der Waals surface area contributed by atoms with E-state index in [0.717, 1.165) is 0 Å². The van der Waals surface area contributed by atoms with E-state index in [-0.39, 0.29) is 11.1 Å². The second kappa shape index (κ2) is 5.08. The molecule has 18 heavy (non-hydrogen) atoms. The van der Waals surface area contributed by atoms with E-state index in [4.69, 9.17) is 0 Å². The van der Waals surface area contributed by atoms with E-state index in [1.165, 1.54) is 24.3 Å². The summed E-state index contributed by atoms with van der Waals surface area (Å²) in [5.74, 6) is 0. The van der Waals surface area contributed by atoms with Crippen LogP contribution in [0.5, 0.6) is 0 Å². The molecule has 1 rings (SSSR count). The molecule has 98 valence electrons. The van der Waals surface area contributed by atoms with Crippen LogP contribution in [0.1, 0.15) is 5.56 Å². The van der Waals surface area contributed by atoms with Crippen LogP contribution in [0, 0.1) is 0 Å². The third-order valence-corrected chi connectivity index (χ3v) is 2.42. The van der Waals surface area contributed by atoms with Gasteiger partial charge in [0.05, 0.1) is 0 Å². The van der Waals surface area contributed by atoms with Crippen LogP contribution >= 0.6 is 0 Å². The molecule has 1 aromatic rings. The van der Waals surface area contributed by atoms with Gasteiger partial charge in [-0.1, -0.05) is 42.5 Å². The van der Waals surface area contributed by atoms with E-state index in [1.807, 2.05) is 0 Å². The van der Waals surface area contributed by atoms with Gasteiger partial charge in [-0.25, -0.2) is 0 Å². The zero-order valence-electron chi connectivity index (χ0n) is 9.15. The molecular weight excluding hydrogens is 257 g/mol. The van der Waals surface area contributed by atoms with E-state index >= 15 is 0 Å². The van der Waals surface area contributed by atoms with Gasteiger partial charge in [0.25, 0.3) is 0 Å². The van der Waals surface area contributed by atoms with Crippen LogP contribution in [0.4, 0.5) is 26.3 Å². The first-order chi connectivity index (χ1) is 8.12. The molecule has 0 fully saturated rings. The van der Waals surface area contributed by atoms with Crippen LogP contribution in [-0.2, 0) is 0 Å². The summed E-state index contributed by atoms with van der Waals surface area (Å²) in [6.45, 7) is -0.0854. The molecule has 0 nitrogen and oxygen atoms in total. The summed E-state index contributed by atoms with van der Waals surface area (Å²) in [5, 5.41) is 0. The molecular formula is C11H9BF6. The SMILES string of the molecule is C=C(CB(C(F)(F)F)C(F)(F)F)c1ccccc1. The highest BCUT2D eigenvalue weighted by Crippen LogP contribution is 2.37. The zero-order chi connectivity index (χ0) is 14.0. The van der Waals surface area contributed by atoms with Gasteiger partial charge in [0, 0.05) is 0 Å². The predicted molar refractivity (Wildman–Crippen MR) is 58.1 cm³/mol. The lowest BCUT2D eigenvalue weighted by molar-refractivity contribution is -0.104. The third-order valence-electron chi connectivity index (χ3n) is 2.42. The summed E-state index contributed by atoms with van der Waals surface area (Å²) in [5.41, 5.74) is 0.0891. The fourth-order valence-electron chi connectivity index (χ4n) is 1.46. The first kappa shape index (κ1) is 14.7. The monoisotopic (exact) mass is 266 g/mol. The van der Waals surface area contributed by atoms with Gasteiger partial charge >= 0.3 is 18.9 Å². The average molecular weight is 266 g/mol. The van der Waals surface area contributed by atoms with Crippen LogP contribution in [0.2, 0.25) is 6.32 Å². The highest BCUT2D eigenvalue weighted by molar-refractivity contribution is 6.64. The summed E-state index contributed by atoms with van der Waals surface area (Å²) in [4.78, 5) is 0. The largest absolute Gasteiger partial charge is 0.404 e. The summed E-state index contributed by atoms with van der Waals surface area (Å²) >= 11 is 0. The highest BCUT2D eigenvalue weighted by Gasteiger charge is 2.60. The Bertz CT molecular complexity index is 392. The number of rotatable bonds is 3. The van der Waals surface area contributed by atoms with E-state index in [2.05, 4.69) is 6.58 Å². The Hall–Kier alpha value is -1.40. The molecule has 0 unspecified atom stereocenters. The minimum atomic E-state index is -5.32. The van der Waals surface area contributed by atoms with Crippen LogP contribution in [0.3, 0.4) is 0 Å². The predicted octanol–water partition coefficient (Wildman–Crippen LogP) is 4.40. The molecule has 0 saturated carbocycles. The van der Waals surface area contributed by atoms with Crippen molar-refractivity contribution in [2.24, 2.45) is 0 Å². The third kappa shape index (κ3) is 3.82. The Morgan fingerprint density at radius 2 is 1.39 bits per heavy atom. The smallest absolute Gasteiger partial charge is 0.181 e. The summed E-state index contributed by atoms with van der Waals surface area (Å²) in [6.07, 6.45) is -11.8. The van der Waals surface area contributed by atoms with Crippen LogP contribution < -0.4 is 0 Å². The molecule has 0 aliphatic rings. The normalized spacial score (nSPS) is 12.3. The Kier molecular flexibility index (Phi) is 4.14. The molecule has 1 aromatic carbocycles. The van der Waals surface area contributed by atoms with Crippen molar-refractivity contribution < 1.29 is 26.3 Å². The van der Waals surface area contributed by atoms with Gasteiger partial charge in [-0.15, -0.1) is 0 Å². The van der Waals surface area contributed by atoms with Crippen molar-refractivity contribution in [3.05, 3.63) is 42.5 Å². The van der Waals surface area contributed by atoms with Gasteiger partial charge in [-0.05, 0) is 11.9 Å². The van der Waals surface area contributed by atoms with Crippen molar-refractivity contribution in [3.8, 4) is 0 Å². The Morgan fingerprint density at radius 3 is 1.78 bits per heavy atom. The second-order valence-corrected chi connectivity index (χ2v) is 3.81. The maximum atomic E-state index is 12.3. The van der Waals surface area contributed by atoms with Crippen molar-refractivity contribution in [2.75, 3.05) is 0 Å². The van der Waals surface area contributed by atoms with Gasteiger partial charge in [-0.2, -0.15) is 26.3 Å². The maximum absolute atomic E-state index is 12.3. The van der Waals surface area contributed by atoms with E-state index in [1.54, 1.807) is 6.07 Å². The Morgan fingerprint density at radius 1 is 0.944 bits per heavy atom. The lowest BCUT2D eigenvalue weighted by Gasteiger charge is -2.20. The number of benzene rings is 1. The second-order valence-electron chi connectivity index (χ2n) is 3.81. The van der Waals surface area contributed by atoms with Crippen LogP contribution in [0.15, 0.2) is 36.9 Å². The van der Waals surface area contributed by atoms with Crippen molar-refractivity contribution in [1.29, 1.82) is 0 Å². The fourth-order valence-corrected chi connectivity index (χ4v) is 1.46. The highest BCUT2D eigenvalue weighted by atomic mass is 19.4. The van der Waals surface area contributed by atoms with Gasteiger partial charge in [0.1, 0.15) is 0 Å². The summed E-state index contributed by atoms with van der Waals surface area (Å²) < 4.78 is 74.0. The number of allylic oxidation sites excluding steroid dienone is 1. The van der Waals surface area contributed by atoms with Crippen molar-refractivity contribution in [1.82, 2.24) is 0 Å². The van der Waals surface area contributed by atoms with Crippen LogP contribution in [-0.4, -0.2) is 18.9 Å². The summed E-state index contributed by atoms with van der Waals surface area (Å²) in [7, 11) is 0. The molecule has 0 aromatic heterocycles. The van der Waals surface area contributed by atoms with Gasteiger partial charge in [0.15, 0.2) is 0 Å². The Balaban J connectivity index is 2.90. The van der Waals surface area contributed by atoms with Gasteiger partial charge < -0.3 is 0 Å². The molecule has 0 heterocycles. The molecule has 0 radical (unpaired) electrons. The minimum Gasteiger partial charge on any atom is -0.181 e. The molecule has 7 heteroatoms. The Labute approximate surface area is 100 Å². The first-order valence-electron chi connectivity index (χ1n) is 4.99. The average Bonchev–Trinajstić information content (AvgIpc) is 2.23. The number of halogens is 6. The first-order valence-corrected chi connectivity index (χ1v) is 4.99. The lowest BCUT2D eigenvalue weighted by atomic mass is 9.44. The molecule has 0 atom stereocenters. The summed E-state index contributed by atoms with van der Waals surface area (Å²) in [6, 6.07) is 7.51. The molecule has 0 amide bonds. The number of hydrogen-bond acceptors (Lipinski definition) is 0. The standard InChI is InChI=1S/C11H9BF6/c1-8(9-5-3-2-4-6-9)7-12(10(13,14)15)11(16,17)18/h2-6H,1,7H2. The van der Waals surface area contributed by atoms with E-state index in [9.17, 15) is 26.3 Å². The number of hydrogen-bond donors (Lipinski definition) is 0. The lowest BCUT2D eigenvalue weighted by Crippen LogP contribution is -2.47. The van der Waals surface area contributed by atoms with Gasteiger partial charge in [-0.3, -0.25) is 0 Å². The quantitative estimate of drug-likeness (QED) is 0.562. The minimum absolute atomic E-state index is 0.185. The molecule has 0 bridgehead atoms.